The van der Waals surface area contributed by atoms with Crippen LogP contribution in [0.15, 0.2) is 0 Å². The molecule has 144 valence electrons. The topological polar surface area (TPSA) is 47.1 Å². The van der Waals surface area contributed by atoms with Gasteiger partial charge < -0.3 is 9.80 Å². The smallest absolute Gasteiger partial charge is 0.236 e. The number of amides is 2. The van der Waals surface area contributed by atoms with E-state index in [0.29, 0.717) is 24.9 Å². The zero-order valence-corrected chi connectivity index (χ0v) is 16.5. The van der Waals surface area contributed by atoms with Gasteiger partial charge >= 0.3 is 0 Å². The SMILES string of the molecule is CCN(CC)C(=O)CN1CCN(CC(=O)N2CC(C)CC(C)C2)CC1. The maximum atomic E-state index is 12.6. The third-order valence-corrected chi connectivity index (χ3v) is 5.52. The Morgan fingerprint density at radius 1 is 0.880 bits per heavy atom. The zero-order chi connectivity index (χ0) is 18.4. The van der Waals surface area contributed by atoms with Gasteiger partial charge in [0, 0.05) is 52.4 Å². The fraction of sp³-hybridized carbons (Fsp3) is 0.895. The van der Waals surface area contributed by atoms with Crippen molar-refractivity contribution >= 4 is 11.8 Å². The van der Waals surface area contributed by atoms with Crippen LogP contribution in [0.3, 0.4) is 0 Å². The van der Waals surface area contributed by atoms with Gasteiger partial charge in [0.1, 0.15) is 0 Å². The number of piperazine rings is 1. The summed E-state index contributed by atoms with van der Waals surface area (Å²) in [6, 6.07) is 0. The minimum atomic E-state index is 0.214. The summed E-state index contributed by atoms with van der Waals surface area (Å²) in [5, 5.41) is 0. The molecule has 2 saturated heterocycles. The second kappa shape index (κ2) is 9.53. The van der Waals surface area contributed by atoms with E-state index in [4.69, 9.17) is 0 Å². The van der Waals surface area contributed by atoms with Crippen molar-refractivity contribution < 1.29 is 9.59 Å². The minimum Gasteiger partial charge on any atom is -0.342 e. The molecule has 6 nitrogen and oxygen atoms in total. The Morgan fingerprint density at radius 3 is 1.84 bits per heavy atom. The van der Waals surface area contributed by atoms with Crippen LogP contribution in [-0.4, -0.2) is 96.9 Å². The number of likely N-dealkylation sites (tertiary alicyclic amines) is 1. The van der Waals surface area contributed by atoms with E-state index in [9.17, 15) is 9.59 Å². The van der Waals surface area contributed by atoms with Crippen LogP contribution >= 0.6 is 0 Å². The van der Waals surface area contributed by atoms with E-state index in [2.05, 4.69) is 28.5 Å². The number of rotatable bonds is 6. The Hall–Kier alpha value is -1.14. The number of carbonyl (C=O) groups excluding carboxylic acids is 2. The molecule has 2 amide bonds. The molecule has 0 aromatic carbocycles. The lowest BCUT2D eigenvalue weighted by molar-refractivity contribution is -0.136. The average molecular weight is 353 g/mol. The van der Waals surface area contributed by atoms with Crippen LogP contribution in [0.1, 0.15) is 34.1 Å². The molecule has 2 rings (SSSR count). The molecule has 0 spiro atoms. The van der Waals surface area contributed by atoms with Crippen molar-refractivity contribution in [2.75, 3.05) is 65.4 Å². The monoisotopic (exact) mass is 352 g/mol. The molecule has 2 heterocycles. The van der Waals surface area contributed by atoms with Crippen molar-refractivity contribution in [2.24, 2.45) is 11.8 Å². The lowest BCUT2D eigenvalue weighted by Gasteiger charge is -2.38. The van der Waals surface area contributed by atoms with E-state index in [1.54, 1.807) is 0 Å². The van der Waals surface area contributed by atoms with Crippen molar-refractivity contribution in [3.8, 4) is 0 Å². The van der Waals surface area contributed by atoms with Gasteiger partial charge in [-0.3, -0.25) is 19.4 Å². The van der Waals surface area contributed by atoms with Crippen LogP contribution in [0.2, 0.25) is 0 Å². The van der Waals surface area contributed by atoms with Gasteiger partial charge in [-0.25, -0.2) is 0 Å². The van der Waals surface area contributed by atoms with E-state index < -0.39 is 0 Å². The van der Waals surface area contributed by atoms with Gasteiger partial charge in [0.25, 0.3) is 0 Å². The van der Waals surface area contributed by atoms with Crippen LogP contribution in [0, 0.1) is 11.8 Å². The Bertz CT molecular complexity index is 435. The molecule has 0 saturated carbocycles. The highest BCUT2D eigenvalue weighted by molar-refractivity contribution is 5.79. The third-order valence-electron chi connectivity index (χ3n) is 5.52. The quantitative estimate of drug-likeness (QED) is 0.715. The van der Waals surface area contributed by atoms with E-state index in [1.807, 2.05) is 18.7 Å². The molecule has 0 aliphatic carbocycles. The van der Waals surface area contributed by atoms with Gasteiger partial charge in [-0.2, -0.15) is 0 Å². The number of carbonyl (C=O) groups is 2. The molecule has 0 aromatic rings. The van der Waals surface area contributed by atoms with Gasteiger partial charge in [0.2, 0.25) is 11.8 Å². The van der Waals surface area contributed by atoms with Gasteiger partial charge in [-0.1, -0.05) is 13.8 Å². The average Bonchev–Trinajstić information content (AvgIpc) is 2.57. The summed E-state index contributed by atoms with van der Waals surface area (Å²) < 4.78 is 0. The largest absolute Gasteiger partial charge is 0.342 e. The number of hydrogen-bond acceptors (Lipinski definition) is 4. The first-order valence-electron chi connectivity index (χ1n) is 9.93. The normalized spacial score (nSPS) is 25.8. The summed E-state index contributed by atoms with van der Waals surface area (Å²) in [4.78, 5) is 33.2. The van der Waals surface area contributed by atoms with E-state index >= 15 is 0 Å². The van der Waals surface area contributed by atoms with Crippen LogP contribution in [-0.2, 0) is 9.59 Å². The van der Waals surface area contributed by atoms with Crippen molar-refractivity contribution in [1.82, 2.24) is 19.6 Å². The van der Waals surface area contributed by atoms with Crippen LogP contribution < -0.4 is 0 Å². The van der Waals surface area contributed by atoms with Crippen molar-refractivity contribution in [3.63, 3.8) is 0 Å². The molecule has 2 unspecified atom stereocenters. The standard InChI is InChI=1S/C19H36N4O2/c1-5-22(6-2)18(24)14-20-7-9-21(10-8-20)15-19(25)23-12-16(3)11-17(4)13-23/h16-17H,5-15H2,1-4H3. The highest BCUT2D eigenvalue weighted by atomic mass is 16.2. The van der Waals surface area contributed by atoms with Gasteiger partial charge in [-0.05, 0) is 32.1 Å². The van der Waals surface area contributed by atoms with Crippen molar-refractivity contribution in [2.45, 2.75) is 34.1 Å². The van der Waals surface area contributed by atoms with Gasteiger partial charge in [-0.15, -0.1) is 0 Å². The first-order valence-corrected chi connectivity index (χ1v) is 9.93. The Kier molecular flexibility index (Phi) is 7.69. The highest BCUT2D eigenvalue weighted by Crippen LogP contribution is 2.21. The maximum absolute atomic E-state index is 12.6. The number of nitrogens with zero attached hydrogens (tertiary/aromatic N) is 4. The second-order valence-corrected chi connectivity index (χ2v) is 7.86. The first-order chi connectivity index (χ1) is 11.9. The molecule has 2 aliphatic heterocycles. The third kappa shape index (κ3) is 5.96. The summed E-state index contributed by atoms with van der Waals surface area (Å²) in [7, 11) is 0. The Labute approximate surface area is 153 Å². The maximum Gasteiger partial charge on any atom is 0.236 e. The van der Waals surface area contributed by atoms with Crippen molar-refractivity contribution in [3.05, 3.63) is 0 Å². The van der Waals surface area contributed by atoms with Crippen LogP contribution in [0.25, 0.3) is 0 Å². The lowest BCUT2D eigenvalue weighted by atomic mass is 9.92. The van der Waals surface area contributed by atoms with Crippen LogP contribution in [0.4, 0.5) is 0 Å². The lowest BCUT2D eigenvalue weighted by Crippen LogP contribution is -2.53. The summed E-state index contributed by atoms with van der Waals surface area (Å²) in [6.07, 6.45) is 1.23. The molecule has 25 heavy (non-hydrogen) atoms. The Morgan fingerprint density at radius 2 is 1.36 bits per heavy atom. The van der Waals surface area contributed by atoms with Crippen LogP contribution in [0.5, 0.6) is 0 Å². The van der Waals surface area contributed by atoms with E-state index in [0.717, 1.165) is 52.4 Å². The molecule has 0 aromatic heterocycles. The highest BCUT2D eigenvalue weighted by Gasteiger charge is 2.28. The minimum absolute atomic E-state index is 0.214. The number of piperidine rings is 1. The molecule has 0 bridgehead atoms. The molecule has 0 radical (unpaired) electrons. The fourth-order valence-electron chi connectivity index (χ4n) is 4.13. The second-order valence-electron chi connectivity index (χ2n) is 7.86. The molecular formula is C19H36N4O2. The fourth-order valence-corrected chi connectivity index (χ4v) is 4.13. The molecular weight excluding hydrogens is 316 g/mol. The molecule has 6 heteroatoms. The first kappa shape index (κ1) is 20.2. The van der Waals surface area contributed by atoms with Gasteiger partial charge in [0.05, 0.1) is 13.1 Å². The molecule has 2 aliphatic rings. The number of likely N-dealkylation sites (N-methyl/N-ethyl adjacent to an activating group) is 1. The molecule has 0 N–H and O–H groups in total. The van der Waals surface area contributed by atoms with Crippen molar-refractivity contribution in [1.29, 1.82) is 0 Å². The summed E-state index contributed by atoms with van der Waals surface area (Å²) in [6.45, 7) is 16.4. The summed E-state index contributed by atoms with van der Waals surface area (Å²) in [5.74, 6) is 1.70. The van der Waals surface area contributed by atoms with E-state index in [-0.39, 0.29) is 11.8 Å². The summed E-state index contributed by atoms with van der Waals surface area (Å²) >= 11 is 0. The van der Waals surface area contributed by atoms with E-state index in [1.165, 1.54) is 6.42 Å². The van der Waals surface area contributed by atoms with Gasteiger partial charge in [0.15, 0.2) is 0 Å². The number of hydrogen-bond donors (Lipinski definition) is 0. The molecule has 2 fully saturated rings. The molecule has 2 atom stereocenters. The Balaban J connectivity index is 1.73. The predicted molar refractivity (Wildman–Crippen MR) is 100 cm³/mol. The zero-order valence-electron chi connectivity index (χ0n) is 16.5. The predicted octanol–water partition coefficient (Wildman–Crippen LogP) is 0.977. The summed E-state index contributed by atoms with van der Waals surface area (Å²) in [5.41, 5.74) is 0.